The van der Waals surface area contributed by atoms with E-state index in [1.165, 1.54) is 13.2 Å². The van der Waals surface area contributed by atoms with Crippen LogP contribution in [0.15, 0.2) is 138 Å². The van der Waals surface area contributed by atoms with Gasteiger partial charge in [-0.15, -0.1) is 0 Å². The van der Waals surface area contributed by atoms with Crippen LogP contribution in [0.2, 0.25) is 0 Å². The molecule has 48 heavy (non-hydrogen) atoms. The van der Waals surface area contributed by atoms with Crippen molar-refractivity contribution >= 4 is 50.8 Å². The predicted octanol–water partition coefficient (Wildman–Crippen LogP) is 5.40. The molecular weight excluding hydrogens is 651 g/mol. The third-order valence-electron chi connectivity index (χ3n) is 8.04. The van der Waals surface area contributed by atoms with Crippen molar-refractivity contribution in [1.29, 1.82) is 0 Å². The normalized spacial score (nSPS) is 12.3. The van der Waals surface area contributed by atoms with Crippen LogP contribution in [0.25, 0.3) is 0 Å². The molecule has 0 bridgehead atoms. The molecule has 0 unspecified atom stereocenters. The molecule has 5 aromatic carbocycles. The Bertz CT molecular complexity index is 1930. The summed E-state index contributed by atoms with van der Waals surface area (Å²) in [7, 11) is -1.27. The summed E-state index contributed by atoms with van der Waals surface area (Å²) >= 11 is 0. The molecule has 0 saturated heterocycles. The van der Waals surface area contributed by atoms with Gasteiger partial charge in [0.15, 0.2) is 0 Å². The number of hydrogen-bond donors (Lipinski definition) is 0. The molecule has 5 rings (SSSR count). The van der Waals surface area contributed by atoms with E-state index < -0.39 is 39.8 Å². The Hall–Kier alpha value is -5.15. The van der Waals surface area contributed by atoms with Crippen molar-refractivity contribution in [3.63, 3.8) is 0 Å². The number of benzene rings is 5. The summed E-state index contributed by atoms with van der Waals surface area (Å²) in [5, 5.41) is 1.72. The van der Waals surface area contributed by atoms with E-state index in [-0.39, 0.29) is 22.9 Å². The standard InChI is InChI=1S/C37H33O9PS/c1-43-35(38)28-15-13-14-27(22-28)26-47(31-16-7-4-8-17-31,32-18-9-5-10-19-32,33-20-11-6-12-21-33)46-48(41,42)34-24-29(36(39)44-2)23-30(25-34)37(40)45-3/h4-25H,26H2,1-3H3. The summed E-state index contributed by atoms with van der Waals surface area (Å²) in [6, 6.07) is 37.4. The van der Waals surface area contributed by atoms with E-state index in [0.717, 1.165) is 26.4 Å². The minimum atomic E-state index is -4.85. The van der Waals surface area contributed by atoms with Crippen molar-refractivity contribution in [2.24, 2.45) is 0 Å². The number of hydrogen-bond acceptors (Lipinski definition) is 9. The first-order valence-electron chi connectivity index (χ1n) is 14.7. The summed E-state index contributed by atoms with van der Waals surface area (Å²) in [4.78, 5) is 37.6. The zero-order chi connectivity index (χ0) is 34.4. The van der Waals surface area contributed by atoms with E-state index >= 15 is 0 Å². The quantitative estimate of drug-likeness (QED) is 0.102. The fraction of sp³-hybridized carbons (Fsp3) is 0.108. The number of carbonyl (C=O) groups is 3. The average molecular weight is 685 g/mol. The fourth-order valence-electron chi connectivity index (χ4n) is 5.84. The van der Waals surface area contributed by atoms with Crippen LogP contribution < -0.4 is 15.9 Å². The molecule has 0 amide bonds. The second-order valence-corrected chi connectivity index (χ2v) is 17.1. The topological polar surface area (TPSA) is 122 Å². The average Bonchev–Trinajstić information content (AvgIpc) is 3.14. The monoisotopic (exact) mass is 684 g/mol. The number of esters is 3. The zero-order valence-electron chi connectivity index (χ0n) is 26.4. The molecule has 0 radical (unpaired) electrons. The van der Waals surface area contributed by atoms with Crippen molar-refractivity contribution in [2.75, 3.05) is 21.3 Å². The molecule has 246 valence electrons. The Kier molecular flexibility index (Phi) is 9.91. The van der Waals surface area contributed by atoms with E-state index in [4.69, 9.17) is 18.2 Å². The minimum absolute atomic E-state index is 0.00570. The second-order valence-electron chi connectivity index (χ2n) is 10.8. The van der Waals surface area contributed by atoms with Gasteiger partial charge in [-0.1, -0.05) is 0 Å². The SMILES string of the molecule is COC(=O)c1cccc(CP(OS(=O)(=O)c2cc(C(=O)OC)cc(C(=O)OC)c2)(c2ccccc2)(c2ccccc2)c2ccccc2)c1. The van der Waals surface area contributed by atoms with Gasteiger partial charge in [0.1, 0.15) is 0 Å². The van der Waals surface area contributed by atoms with Crippen LogP contribution in [0.5, 0.6) is 0 Å². The summed E-state index contributed by atoms with van der Waals surface area (Å²) in [5.41, 5.74) is 0.499. The van der Waals surface area contributed by atoms with Gasteiger partial charge >= 0.3 is 280 Å². The third-order valence-corrected chi connectivity index (χ3v) is 16.1. The van der Waals surface area contributed by atoms with Crippen LogP contribution in [0, 0.1) is 0 Å². The molecule has 0 atom stereocenters. The Morgan fingerprint density at radius 3 is 1.35 bits per heavy atom. The maximum absolute atomic E-state index is 14.9. The van der Waals surface area contributed by atoms with Gasteiger partial charge in [-0.05, 0) is 0 Å². The van der Waals surface area contributed by atoms with Gasteiger partial charge in [-0.25, -0.2) is 0 Å². The molecule has 11 heteroatoms. The van der Waals surface area contributed by atoms with Crippen LogP contribution in [-0.4, -0.2) is 47.7 Å². The zero-order valence-corrected chi connectivity index (χ0v) is 28.1. The molecule has 0 aliphatic heterocycles. The second kappa shape index (κ2) is 13.9. The van der Waals surface area contributed by atoms with E-state index in [2.05, 4.69) is 0 Å². The summed E-state index contributed by atoms with van der Waals surface area (Å²) in [6.45, 7) is -4.72. The molecule has 0 aliphatic carbocycles. The Labute approximate surface area is 279 Å². The van der Waals surface area contributed by atoms with Crippen LogP contribution in [0.1, 0.15) is 36.6 Å². The van der Waals surface area contributed by atoms with Crippen molar-refractivity contribution in [1.82, 2.24) is 0 Å². The van der Waals surface area contributed by atoms with Gasteiger partial charge in [0, 0.05) is 0 Å². The number of carbonyl (C=O) groups excluding carboxylic acids is 3. The molecule has 5 aromatic rings. The fourth-order valence-corrected chi connectivity index (χ4v) is 14.5. The van der Waals surface area contributed by atoms with Gasteiger partial charge in [0.25, 0.3) is 0 Å². The Balaban J connectivity index is 1.93. The molecule has 0 saturated carbocycles. The summed E-state index contributed by atoms with van der Waals surface area (Å²) in [6.07, 6.45) is -0.00570. The van der Waals surface area contributed by atoms with Gasteiger partial charge in [0.05, 0.1) is 0 Å². The van der Waals surface area contributed by atoms with Crippen molar-refractivity contribution in [3.05, 3.63) is 156 Å². The molecule has 0 heterocycles. The third kappa shape index (κ3) is 6.25. The predicted molar refractivity (Wildman–Crippen MR) is 184 cm³/mol. The van der Waals surface area contributed by atoms with E-state index in [1.807, 2.05) is 54.6 Å². The van der Waals surface area contributed by atoms with E-state index in [9.17, 15) is 22.8 Å². The first-order valence-corrected chi connectivity index (χ1v) is 18.5. The molecule has 0 fully saturated rings. The van der Waals surface area contributed by atoms with E-state index in [0.29, 0.717) is 21.5 Å². The van der Waals surface area contributed by atoms with Crippen molar-refractivity contribution in [3.8, 4) is 0 Å². The van der Waals surface area contributed by atoms with Gasteiger partial charge in [-0.2, -0.15) is 0 Å². The number of rotatable bonds is 11. The Morgan fingerprint density at radius 2 is 0.938 bits per heavy atom. The van der Waals surface area contributed by atoms with Gasteiger partial charge in [-0.3, -0.25) is 0 Å². The molecular formula is C37H33O9PS. The molecule has 9 nitrogen and oxygen atoms in total. The first kappa shape index (κ1) is 34.2. The van der Waals surface area contributed by atoms with E-state index in [1.54, 1.807) is 60.7 Å². The number of methoxy groups -OCH3 is 3. The molecule has 0 N–H and O–H groups in total. The van der Waals surface area contributed by atoms with Gasteiger partial charge in [0.2, 0.25) is 0 Å². The maximum atomic E-state index is 14.9. The molecule has 0 aromatic heterocycles. The molecule has 0 aliphatic rings. The molecule has 0 spiro atoms. The van der Waals surface area contributed by atoms with Crippen molar-refractivity contribution in [2.45, 2.75) is 11.1 Å². The van der Waals surface area contributed by atoms with Crippen LogP contribution in [-0.2, 0) is 34.5 Å². The summed E-state index contributed by atoms with van der Waals surface area (Å²) in [5.74, 6) is -2.27. The van der Waals surface area contributed by atoms with Crippen LogP contribution in [0.4, 0.5) is 0 Å². The van der Waals surface area contributed by atoms with Crippen molar-refractivity contribution < 1.29 is 41.0 Å². The first-order chi connectivity index (χ1) is 23.1. The summed E-state index contributed by atoms with van der Waals surface area (Å²) < 4.78 is 51.5. The van der Waals surface area contributed by atoms with Crippen LogP contribution in [0.3, 0.4) is 0 Å². The Morgan fingerprint density at radius 1 is 0.521 bits per heavy atom. The van der Waals surface area contributed by atoms with Gasteiger partial charge < -0.3 is 0 Å². The van der Waals surface area contributed by atoms with Crippen LogP contribution >= 0.6 is 6.83 Å². The number of ether oxygens (including phenoxy) is 3.